The molecule has 0 amide bonds. The molecule has 1 aliphatic rings. The lowest BCUT2D eigenvalue weighted by Crippen LogP contribution is -2.15. The molecule has 3 heterocycles. The molecule has 0 aromatic carbocycles. The van der Waals surface area contributed by atoms with E-state index < -0.39 is 0 Å². The number of nitrogens with zero attached hydrogens (tertiary/aromatic N) is 3. The Morgan fingerprint density at radius 2 is 2.00 bits per heavy atom. The van der Waals surface area contributed by atoms with Gasteiger partial charge >= 0.3 is 0 Å². The molecule has 112 valence electrons. The Balaban J connectivity index is 1.77. The van der Waals surface area contributed by atoms with E-state index >= 15 is 0 Å². The number of rotatable bonds is 3. The number of H-pyrrole nitrogens is 1. The maximum atomic E-state index is 5.96. The monoisotopic (exact) mass is 294 g/mol. The lowest BCUT2D eigenvalue weighted by Gasteiger charge is -2.16. The molecule has 0 saturated heterocycles. The van der Waals surface area contributed by atoms with Gasteiger partial charge in [0, 0.05) is 29.4 Å². The molecule has 6 nitrogen and oxygen atoms in total. The summed E-state index contributed by atoms with van der Waals surface area (Å²) in [6.45, 7) is 0. The zero-order valence-corrected chi connectivity index (χ0v) is 12.2. The number of aromatic nitrogens is 4. The van der Waals surface area contributed by atoms with Crippen molar-refractivity contribution < 1.29 is 0 Å². The zero-order valence-electron chi connectivity index (χ0n) is 12.2. The van der Waals surface area contributed by atoms with Crippen molar-refractivity contribution in [1.82, 2.24) is 20.2 Å². The van der Waals surface area contributed by atoms with Gasteiger partial charge in [-0.15, -0.1) is 0 Å². The van der Waals surface area contributed by atoms with Gasteiger partial charge in [0.1, 0.15) is 5.82 Å². The Kier molecular flexibility index (Phi) is 3.14. The highest BCUT2D eigenvalue weighted by molar-refractivity contribution is 5.91. The van der Waals surface area contributed by atoms with E-state index in [0.717, 1.165) is 22.5 Å². The molecule has 0 radical (unpaired) electrons. The maximum Gasteiger partial charge on any atom is 0.164 e. The molecule has 0 spiro atoms. The summed E-state index contributed by atoms with van der Waals surface area (Å²) in [4.78, 5) is 8.99. The third kappa shape index (κ3) is 2.36. The Hall–Kier alpha value is -2.63. The lowest BCUT2D eigenvalue weighted by molar-refractivity contribution is 0.756. The Bertz CT molecular complexity index is 790. The van der Waals surface area contributed by atoms with Gasteiger partial charge in [-0.05, 0) is 31.0 Å². The summed E-state index contributed by atoms with van der Waals surface area (Å²) in [6.07, 6.45) is 6.71. The summed E-state index contributed by atoms with van der Waals surface area (Å²) in [5, 5.41) is 11.5. The normalized spacial score (nSPS) is 15.5. The minimum Gasteiger partial charge on any atom is -0.384 e. The smallest absolute Gasteiger partial charge is 0.164 e. The van der Waals surface area contributed by atoms with Gasteiger partial charge in [0.05, 0.1) is 11.4 Å². The van der Waals surface area contributed by atoms with Gasteiger partial charge in [0.2, 0.25) is 0 Å². The van der Waals surface area contributed by atoms with Gasteiger partial charge in [-0.2, -0.15) is 5.10 Å². The molecular weight excluding hydrogens is 276 g/mol. The van der Waals surface area contributed by atoms with E-state index in [2.05, 4.69) is 25.5 Å². The molecule has 22 heavy (non-hydrogen) atoms. The van der Waals surface area contributed by atoms with E-state index in [0.29, 0.717) is 17.5 Å². The van der Waals surface area contributed by atoms with Gasteiger partial charge in [0.15, 0.2) is 5.65 Å². The zero-order chi connectivity index (χ0) is 14.9. The number of fused-ring (bicyclic) bond motifs is 1. The molecule has 0 bridgehead atoms. The highest BCUT2D eigenvalue weighted by Crippen LogP contribution is 2.29. The fourth-order valence-corrected chi connectivity index (χ4v) is 3.08. The number of aromatic amines is 1. The molecule has 4 rings (SSSR count). The third-order valence-corrected chi connectivity index (χ3v) is 4.18. The van der Waals surface area contributed by atoms with Crippen molar-refractivity contribution in [3.05, 3.63) is 30.5 Å². The molecule has 0 aliphatic heterocycles. The third-order valence-electron chi connectivity index (χ3n) is 4.18. The van der Waals surface area contributed by atoms with Crippen molar-refractivity contribution in [3.63, 3.8) is 0 Å². The van der Waals surface area contributed by atoms with E-state index in [1.165, 1.54) is 25.7 Å². The second-order valence-corrected chi connectivity index (χ2v) is 5.76. The van der Waals surface area contributed by atoms with Crippen molar-refractivity contribution in [1.29, 1.82) is 0 Å². The number of nitrogen functional groups attached to an aromatic ring is 1. The molecule has 6 heteroatoms. The topological polar surface area (TPSA) is 92.5 Å². The summed E-state index contributed by atoms with van der Waals surface area (Å²) < 4.78 is 0. The fourth-order valence-electron chi connectivity index (χ4n) is 3.08. The first-order chi connectivity index (χ1) is 10.8. The Morgan fingerprint density at radius 1 is 1.14 bits per heavy atom. The second-order valence-electron chi connectivity index (χ2n) is 5.76. The van der Waals surface area contributed by atoms with Crippen molar-refractivity contribution in [2.24, 2.45) is 0 Å². The minimum absolute atomic E-state index is 0.488. The predicted molar refractivity (Wildman–Crippen MR) is 87.4 cm³/mol. The summed E-state index contributed by atoms with van der Waals surface area (Å²) in [5.41, 5.74) is 9.33. The van der Waals surface area contributed by atoms with Crippen molar-refractivity contribution in [2.45, 2.75) is 31.7 Å². The van der Waals surface area contributed by atoms with Crippen LogP contribution in [0.2, 0.25) is 0 Å². The Morgan fingerprint density at radius 3 is 2.77 bits per heavy atom. The van der Waals surface area contributed by atoms with Gasteiger partial charge in [0.25, 0.3) is 0 Å². The second kappa shape index (κ2) is 5.29. The fraction of sp³-hybridized carbons (Fsp3) is 0.312. The van der Waals surface area contributed by atoms with Crippen LogP contribution in [0.15, 0.2) is 30.5 Å². The number of hydrogen-bond acceptors (Lipinski definition) is 5. The van der Waals surface area contributed by atoms with Gasteiger partial charge in [-0.3, -0.25) is 5.10 Å². The quantitative estimate of drug-likeness (QED) is 0.690. The summed E-state index contributed by atoms with van der Waals surface area (Å²) >= 11 is 0. The number of nitrogens with two attached hydrogens (primary N) is 1. The van der Waals surface area contributed by atoms with Crippen LogP contribution in [0.1, 0.15) is 25.7 Å². The maximum absolute atomic E-state index is 5.96. The molecule has 3 aromatic heterocycles. The summed E-state index contributed by atoms with van der Waals surface area (Å²) in [6, 6.07) is 8.34. The van der Waals surface area contributed by atoms with E-state index in [-0.39, 0.29) is 0 Å². The number of anilines is 2. The number of nitrogens with one attached hydrogen (secondary N) is 2. The average molecular weight is 294 g/mol. The van der Waals surface area contributed by atoms with Crippen LogP contribution in [-0.2, 0) is 0 Å². The van der Waals surface area contributed by atoms with E-state index in [1.807, 2.05) is 24.3 Å². The van der Waals surface area contributed by atoms with Crippen LogP contribution in [0, 0.1) is 0 Å². The van der Waals surface area contributed by atoms with Crippen molar-refractivity contribution in [2.75, 3.05) is 11.1 Å². The van der Waals surface area contributed by atoms with Crippen LogP contribution in [0.3, 0.4) is 0 Å². The van der Waals surface area contributed by atoms with Crippen LogP contribution in [0.5, 0.6) is 0 Å². The lowest BCUT2D eigenvalue weighted by atomic mass is 10.1. The molecule has 0 unspecified atom stereocenters. The van der Waals surface area contributed by atoms with Crippen LogP contribution < -0.4 is 11.1 Å². The predicted octanol–water partition coefficient (Wildman–Crippen LogP) is 2.96. The minimum atomic E-state index is 0.488. The van der Waals surface area contributed by atoms with E-state index in [1.54, 1.807) is 6.20 Å². The van der Waals surface area contributed by atoms with Gasteiger partial charge < -0.3 is 11.1 Å². The summed E-state index contributed by atoms with van der Waals surface area (Å²) in [5.74, 6) is 0.488. The highest BCUT2D eigenvalue weighted by Gasteiger charge is 2.16. The molecule has 4 N–H and O–H groups in total. The molecule has 1 fully saturated rings. The number of pyridine rings is 2. The highest BCUT2D eigenvalue weighted by atomic mass is 15.1. The molecular formula is C16H18N6. The van der Waals surface area contributed by atoms with Crippen molar-refractivity contribution >= 4 is 22.5 Å². The first kappa shape index (κ1) is 13.1. The average Bonchev–Trinajstić information content (AvgIpc) is 3.20. The standard InChI is InChI=1S/C16H18N6/c17-15-9-14(19-10-3-1-2-4-10)11-5-6-12(20-16(11)21-15)13-7-8-18-22-13/h5-10H,1-4H2,(H,18,22)(H3,17,19,20,21). The van der Waals surface area contributed by atoms with Crippen LogP contribution >= 0.6 is 0 Å². The molecule has 0 atom stereocenters. The van der Waals surface area contributed by atoms with Gasteiger partial charge in [-0.25, -0.2) is 9.97 Å². The largest absolute Gasteiger partial charge is 0.384 e. The SMILES string of the molecule is Nc1cc(NC2CCCC2)c2ccc(-c3ccn[nH]3)nc2n1. The first-order valence-electron chi connectivity index (χ1n) is 7.63. The van der Waals surface area contributed by atoms with E-state index in [9.17, 15) is 0 Å². The summed E-state index contributed by atoms with van der Waals surface area (Å²) in [7, 11) is 0. The molecule has 1 aliphatic carbocycles. The van der Waals surface area contributed by atoms with Crippen LogP contribution in [0.4, 0.5) is 11.5 Å². The van der Waals surface area contributed by atoms with Crippen molar-refractivity contribution in [3.8, 4) is 11.4 Å². The number of hydrogen-bond donors (Lipinski definition) is 3. The van der Waals surface area contributed by atoms with Crippen LogP contribution in [0.25, 0.3) is 22.4 Å². The van der Waals surface area contributed by atoms with Crippen LogP contribution in [-0.4, -0.2) is 26.2 Å². The Labute approximate surface area is 128 Å². The molecule has 1 saturated carbocycles. The van der Waals surface area contributed by atoms with Gasteiger partial charge in [-0.1, -0.05) is 12.8 Å². The molecule has 3 aromatic rings. The van der Waals surface area contributed by atoms with E-state index in [4.69, 9.17) is 5.73 Å². The first-order valence-corrected chi connectivity index (χ1v) is 7.63.